The van der Waals surface area contributed by atoms with E-state index in [1.54, 1.807) is 12.3 Å². The summed E-state index contributed by atoms with van der Waals surface area (Å²) in [6.45, 7) is 3.97. The lowest BCUT2D eigenvalue weighted by Gasteiger charge is -2.07. The first-order valence-electron chi connectivity index (χ1n) is 3.28. The van der Waals surface area contributed by atoms with Crippen molar-refractivity contribution in [2.45, 2.75) is 20.0 Å². The largest absolute Gasteiger partial charge is 0.491 e. The molecule has 1 heterocycles. The molecule has 0 atom stereocenters. The predicted molar refractivity (Wildman–Crippen MR) is 38.8 cm³/mol. The minimum Gasteiger partial charge on any atom is -0.491 e. The van der Waals surface area contributed by atoms with E-state index in [1.165, 1.54) is 0 Å². The highest BCUT2D eigenvalue weighted by Gasteiger charge is 1.93. The quantitative estimate of drug-likeness (QED) is 0.617. The molecule has 0 amide bonds. The van der Waals surface area contributed by atoms with Crippen molar-refractivity contribution in [3.05, 3.63) is 24.5 Å². The summed E-state index contributed by atoms with van der Waals surface area (Å²) in [5.74, 6) is 0.824. The number of ether oxygens (including phenoxy) is 1. The van der Waals surface area contributed by atoms with Crippen molar-refractivity contribution in [2.75, 3.05) is 0 Å². The molecule has 1 aromatic heterocycles. The Hall–Kier alpha value is -1.05. The minimum atomic E-state index is 0.218. The number of pyridine rings is 1. The van der Waals surface area contributed by atoms with Gasteiger partial charge in [0.05, 0.1) is 12.3 Å². The van der Waals surface area contributed by atoms with E-state index in [1.807, 2.05) is 19.9 Å². The number of rotatable bonds is 2. The van der Waals surface area contributed by atoms with Crippen molar-refractivity contribution >= 4 is 0 Å². The average Bonchev–Trinajstić information content (AvgIpc) is 1.88. The first-order chi connectivity index (χ1) is 4.79. The lowest BCUT2D eigenvalue weighted by molar-refractivity contribution is 0.242. The van der Waals surface area contributed by atoms with Gasteiger partial charge in [0.2, 0.25) is 0 Å². The Kier molecular flexibility index (Phi) is 2.26. The predicted octanol–water partition coefficient (Wildman–Crippen LogP) is 1.67. The average molecular weight is 136 g/mol. The Morgan fingerprint density at radius 1 is 1.60 bits per heavy atom. The molecule has 1 rings (SSSR count). The maximum Gasteiger partial charge on any atom is 0.123 e. The van der Waals surface area contributed by atoms with Crippen LogP contribution in [0.25, 0.3) is 0 Å². The fourth-order valence-corrected chi connectivity index (χ4v) is 0.648. The summed E-state index contributed by atoms with van der Waals surface area (Å²) in [5.41, 5.74) is 0. The first-order valence-corrected chi connectivity index (χ1v) is 3.28. The number of aromatic nitrogens is 1. The number of nitrogens with zero attached hydrogens (tertiary/aromatic N) is 1. The molecule has 0 unspecified atom stereocenters. The van der Waals surface area contributed by atoms with E-state index >= 15 is 0 Å². The molecule has 0 N–H and O–H groups in total. The molecule has 2 nitrogen and oxygen atoms in total. The Balaban J connectivity index is 2.59. The molecule has 0 saturated heterocycles. The van der Waals surface area contributed by atoms with Gasteiger partial charge in [-0.05, 0) is 19.9 Å². The second kappa shape index (κ2) is 3.20. The third-order valence-corrected chi connectivity index (χ3v) is 0.966. The molecule has 0 aromatic carbocycles. The molecule has 0 saturated carbocycles. The molecule has 0 aliphatic rings. The van der Waals surface area contributed by atoms with E-state index in [-0.39, 0.29) is 6.10 Å². The van der Waals surface area contributed by atoms with Gasteiger partial charge in [-0.2, -0.15) is 0 Å². The first kappa shape index (κ1) is 7.06. The van der Waals surface area contributed by atoms with E-state index in [0.29, 0.717) is 0 Å². The zero-order valence-corrected chi connectivity index (χ0v) is 6.16. The van der Waals surface area contributed by atoms with Crippen molar-refractivity contribution in [3.63, 3.8) is 0 Å². The van der Waals surface area contributed by atoms with Crippen LogP contribution in [0.5, 0.6) is 5.75 Å². The van der Waals surface area contributed by atoms with E-state index in [2.05, 4.69) is 11.2 Å². The van der Waals surface area contributed by atoms with Crippen LogP contribution in [0.15, 0.2) is 18.3 Å². The lowest BCUT2D eigenvalue weighted by atomic mass is 10.4. The summed E-state index contributed by atoms with van der Waals surface area (Å²) >= 11 is 0. The molecule has 53 valence electrons. The second-order valence-electron chi connectivity index (χ2n) is 2.29. The normalized spacial score (nSPS) is 9.90. The molecule has 10 heavy (non-hydrogen) atoms. The Morgan fingerprint density at radius 2 is 2.40 bits per heavy atom. The summed E-state index contributed by atoms with van der Waals surface area (Å²) in [5, 5.41) is 0. The Labute approximate surface area is 60.9 Å². The van der Waals surface area contributed by atoms with Crippen LogP contribution in [0.4, 0.5) is 0 Å². The zero-order valence-electron chi connectivity index (χ0n) is 6.16. The van der Waals surface area contributed by atoms with E-state index in [4.69, 9.17) is 4.74 Å². The van der Waals surface area contributed by atoms with Crippen LogP contribution in [0, 0.1) is 6.20 Å². The summed E-state index contributed by atoms with van der Waals surface area (Å²) < 4.78 is 5.34. The van der Waals surface area contributed by atoms with E-state index < -0.39 is 0 Å². The van der Waals surface area contributed by atoms with Gasteiger partial charge in [-0.1, -0.05) is 0 Å². The van der Waals surface area contributed by atoms with Crippen LogP contribution in [-0.2, 0) is 0 Å². The van der Waals surface area contributed by atoms with Gasteiger partial charge in [0.1, 0.15) is 5.75 Å². The number of hydrogen-bond acceptors (Lipinski definition) is 2. The molecular formula is C8H10NO. The van der Waals surface area contributed by atoms with Crippen LogP contribution in [0.2, 0.25) is 0 Å². The van der Waals surface area contributed by atoms with Gasteiger partial charge < -0.3 is 4.74 Å². The van der Waals surface area contributed by atoms with Crippen LogP contribution in [0.3, 0.4) is 0 Å². The summed E-state index contributed by atoms with van der Waals surface area (Å²) in [4.78, 5) is 3.75. The molecule has 0 aliphatic carbocycles. The number of hydrogen-bond donors (Lipinski definition) is 0. The topological polar surface area (TPSA) is 22.1 Å². The zero-order chi connectivity index (χ0) is 7.40. The molecule has 0 fully saturated rings. The van der Waals surface area contributed by atoms with Gasteiger partial charge in [0.15, 0.2) is 0 Å². The third kappa shape index (κ3) is 2.05. The lowest BCUT2D eigenvalue weighted by Crippen LogP contribution is -2.05. The van der Waals surface area contributed by atoms with Crippen molar-refractivity contribution in [1.82, 2.24) is 4.98 Å². The van der Waals surface area contributed by atoms with E-state index in [9.17, 15) is 0 Å². The maximum atomic E-state index is 5.34. The summed E-state index contributed by atoms with van der Waals surface area (Å²) in [6.07, 6.45) is 4.57. The van der Waals surface area contributed by atoms with Crippen LogP contribution >= 0.6 is 0 Å². The fourth-order valence-electron chi connectivity index (χ4n) is 0.648. The highest BCUT2D eigenvalue weighted by atomic mass is 16.5. The van der Waals surface area contributed by atoms with E-state index in [0.717, 1.165) is 5.75 Å². The van der Waals surface area contributed by atoms with Gasteiger partial charge in [-0.25, -0.2) is 0 Å². The van der Waals surface area contributed by atoms with Crippen molar-refractivity contribution in [1.29, 1.82) is 0 Å². The standard InChI is InChI=1S/C8H10NO/c1-7(2)10-8-3-5-9-6-4-8/h3-5,7H,1-2H3. The SMILES string of the molecule is CC(C)Oc1c[c]ncc1. The van der Waals surface area contributed by atoms with Crippen LogP contribution in [-0.4, -0.2) is 11.1 Å². The molecule has 2 heteroatoms. The smallest absolute Gasteiger partial charge is 0.123 e. The molecule has 1 aromatic rings. The highest BCUT2D eigenvalue weighted by molar-refractivity contribution is 5.16. The molecule has 0 aliphatic heterocycles. The Bertz CT molecular complexity index is 184. The van der Waals surface area contributed by atoms with Crippen molar-refractivity contribution < 1.29 is 4.74 Å². The highest BCUT2D eigenvalue weighted by Crippen LogP contribution is 2.07. The monoisotopic (exact) mass is 136 g/mol. The third-order valence-electron chi connectivity index (χ3n) is 0.966. The maximum absolute atomic E-state index is 5.34. The molecule has 1 radical (unpaired) electrons. The van der Waals surface area contributed by atoms with Crippen LogP contribution in [0.1, 0.15) is 13.8 Å². The van der Waals surface area contributed by atoms with Crippen molar-refractivity contribution in [2.24, 2.45) is 0 Å². The van der Waals surface area contributed by atoms with Crippen LogP contribution < -0.4 is 4.74 Å². The Morgan fingerprint density at radius 3 is 2.90 bits per heavy atom. The van der Waals surface area contributed by atoms with Gasteiger partial charge in [0, 0.05) is 12.3 Å². The van der Waals surface area contributed by atoms with Gasteiger partial charge >= 0.3 is 0 Å². The van der Waals surface area contributed by atoms with Gasteiger partial charge in [0.25, 0.3) is 0 Å². The fraction of sp³-hybridized carbons (Fsp3) is 0.375. The van der Waals surface area contributed by atoms with Gasteiger partial charge in [-0.15, -0.1) is 0 Å². The summed E-state index contributed by atoms with van der Waals surface area (Å²) in [6, 6.07) is 3.54. The second-order valence-corrected chi connectivity index (χ2v) is 2.29. The molecule has 0 bridgehead atoms. The minimum absolute atomic E-state index is 0.218. The van der Waals surface area contributed by atoms with Gasteiger partial charge in [-0.3, -0.25) is 4.98 Å². The van der Waals surface area contributed by atoms with Crippen molar-refractivity contribution in [3.8, 4) is 5.75 Å². The molecule has 0 spiro atoms. The summed E-state index contributed by atoms with van der Waals surface area (Å²) in [7, 11) is 0. The molecular weight excluding hydrogens is 126 g/mol.